The zero-order chi connectivity index (χ0) is 19.9. The van der Waals surface area contributed by atoms with E-state index in [1.807, 2.05) is 37.3 Å². The average Bonchev–Trinajstić information content (AvgIpc) is 2.73. The van der Waals surface area contributed by atoms with Crippen LogP contribution in [0.1, 0.15) is 31.2 Å². The molecule has 6 nitrogen and oxygen atoms in total. The van der Waals surface area contributed by atoms with E-state index < -0.39 is 6.29 Å². The number of morpholine rings is 1. The predicted molar refractivity (Wildman–Crippen MR) is 106 cm³/mol. The van der Waals surface area contributed by atoms with Gasteiger partial charge in [-0.15, -0.1) is 0 Å². The van der Waals surface area contributed by atoms with Crippen molar-refractivity contribution in [3.8, 4) is 0 Å². The van der Waals surface area contributed by atoms with Crippen LogP contribution in [0, 0.1) is 5.92 Å². The molecule has 0 unspecified atom stereocenters. The van der Waals surface area contributed by atoms with Gasteiger partial charge in [-0.3, -0.25) is 4.79 Å². The number of hydrogen-bond acceptors (Lipinski definition) is 5. The minimum absolute atomic E-state index is 0.00508. The minimum Gasteiger partial charge on any atom is -0.459 e. The van der Waals surface area contributed by atoms with Crippen LogP contribution >= 0.6 is 11.6 Å². The summed E-state index contributed by atoms with van der Waals surface area (Å²) in [5.74, 6) is 0.122. The number of halogens is 1. The van der Waals surface area contributed by atoms with Crippen LogP contribution in [0.25, 0.3) is 0 Å². The van der Waals surface area contributed by atoms with Crippen molar-refractivity contribution in [2.75, 3.05) is 39.5 Å². The third-order valence-corrected chi connectivity index (χ3v) is 5.43. The Hall–Kier alpha value is -1.60. The van der Waals surface area contributed by atoms with Crippen molar-refractivity contribution in [3.05, 3.63) is 46.7 Å². The highest BCUT2D eigenvalue weighted by Gasteiger charge is 2.38. The number of carbonyl (C=O) groups excluding carboxylic acids is 1. The molecule has 1 saturated heterocycles. The summed E-state index contributed by atoms with van der Waals surface area (Å²) in [5.41, 5.74) is 1.05. The van der Waals surface area contributed by atoms with Crippen molar-refractivity contribution in [3.63, 3.8) is 0 Å². The molecular formula is C21H28ClNO5. The van der Waals surface area contributed by atoms with Crippen molar-refractivity contribution in [2.24, 2.45) is 5.92 Å². The molecule has 3 rings (SSSR count). The van der Waals surface area contributed by atoms with Crippen molar-refractivity contribution in [1.82, 2.24) is 4.90 Å². The summed E-state index contributed by atoms with van der Waals surface area (Å²) in [5, 5.41) is 9.99. The zero-order valence-corrected chi connectivity index (χ0v) is 16.9. The summed E-state index contributed by atoms with van der Waals surface area (Å²) in [7, 11) is 0. The van der Waals surface area contributed by atoms with Gasteiger partial charge in [0.1, 0.15) is 0 Å². The molecule has 1 N–H and O–H groups in total. The molecule has 0 aliphatic carbocycles. The highest BCUT2D eigenvalue weighted by molar-refractivity contribution is 6.30. The van der Waals surface area contributed by atoms with E-state index in [1.54, 1.807) is 4.90 Å². The van der Waals surface area contributed by atoms with Crippen LogP contribution in [0.5, 0.6) is 0 Å². The van der Waals surface area contributed by atoms with E-state index in [2.05, 4.69) is 0 Å². The molecule has 1 fully saturated rings. The SMILES string of the molecule is CCO[C@@H]1OC(C(=O)N2CCOCC2)=C[C@H](c2ccc(Cl)cc2)[C@H]1CCCO. The van der Waals surface area contributed by atoms with Crippen molar-refractivity contribution in [1.29, 1.82) is 0 Å². The van der Waals surface area contributed by atoms with Crippen LogP contribution in [0.4, 0.5) is 0 Å². The maximum absolute atomic E-state index is 13.0. The number of rotatable bonds is 7. The van der Waals surface area contributed by atoms with E-state index in [0.717, 1.165) is 12.0 Å². The van der Waals surface area contributed by atoms with Gasteiger partial charge < -0.3 is 24.2 Å². The summed E-state index contributed by atoms with van der Waals surface area (Å²) in [6.45, 7) is 4.67. The Labute approximate surface area is 171 Å². The monoisotopic (exact) mass is 409 g/mol. The summed E-state index contributed by atoms with van der Waals surface area (Å²) in [6, 6.07) is 7.64. The van der Waals surface area contributed by atoms with Crippen molar-refractivity contribution >= 4 is 17.5 Å². The number of ether oxygens (including phenoxy) is 3. The molecule has 28 heavy (non-hydrogen) atoms. The molecule has 3 atom stereocenters. The van der Waals surface area contributed by atoms with Crippen molar-refractivity contribution in [2.45, 2.75) is 32.0 Å². The maximum Gasteiger partial charge on any atom is 0.288 e. The van der Waals surface area contributed by atoms with E-state index in [-0.39, 0.29) is 24.3 Å². The Morgan fingerprint density at radius 1 is 1.29 bits per heavy atom. The first-order valence-electron chi connectivity index (χ1n) is 9.87. The zero-order valence-electron chi connectivity index (χ0n) is 16.2. The van der Waals surface area contributed by atoms with Gasteiger partial charge in [-0.2, -0.15) is 0 Å². The van der Waals surface area contributed by atoms with Crippen LogP contribution < -0.4 is 0 Å². The highest BCUT2D eigenvalue weighted by Crippen LogP contribution is 2.40. The third-order valence-electron chi connectivity index (χ3n) is 5.18. The Bertz CT molecular complexity index is 672. The van der Waals surface area contributed by atoms with Crippen LogP contribution in [-0.4, -0.2) is 61.7 Å². The van der Waals surface area contributed by atoms with E-state index >= 15 is 0 Å². The topological polar surface area (TPSA) is 68.2 Å². The second kappa shape index (κ2) is 10.3. The molecule has 0 saturated carbocycles. The predicted octanol–water partition coefficient (Wildman–Crippen LogP) is 2.95. The minimum atomic E-state index is -0.540. The molecule has 2 aliphatic rings. The number of amides is 1. The lowest BCUT2D eigenvalue weighted by Gasteiger charge is -2.38. The summed E-state index contributed by atoms with van der Waals surface area (Å²) in [6.07, 6.45) is 2.73. The van der Waals surface area contributed by atoms with Gasteiger partial charge in [0.05, 0.1) is 13.2 Å². The molecule has 154 valence electrons. The van der Waals surface area contributed by atoms with Gasteiger partial charge >= 0.3 is 0 Å². The molecule has 1 amide bonds. The number of benzene rings is 1. The second-order valence-corrected chi connectivity index (χ2v) is 7.42. The summed E-state index contributed by atoms with van der Waals surface area (Å²) in [4.78, 5) is 14.8. The Balaban J connectivity index is 1.92. The van der Waals surface area contributed by atoms with Gasteiger partial charge in [0, 0.05) is 43.2 Å². The second-order valence-electron chi connectivity index (χ2n) is 6.98. The van der Waals surface area contributed by atoms with Crippen molar-refractivity contribution < 1.29 is 24.1 Å². The molecule has 0 radical (unpaired) electrons. The Kier molecular flexibility index (Phi) is 7.73. The number of carbonyl (C=O) groups is 1. The first-order valence-corrected chi connectivity index (χ1v) is 10.2. The molecule has 0 aromatic heterocycles. The fourth-order valence-electron chi connectivity index (χ4n) is 3.74. The van der Waals surface area contributed by atoms with E-state index in [9.17, 15) is 9.90 Å². The first-order chi connectivity index (χ1) is 13.6. The normalized spacial score (nSPS) is 25.2. The smallest absolute Gasteiger partial charge is 0.288 e. The van der Waals surface area contributed by atoms with E-state index in [4.69, 9.17) is 25.8 Å². The van der Waals surface area contributed by atoms with Gasteiger partial charge in [-0.05, 0) is 43.5 Å². The standard InChI is InChI=1S/C21H28ClNO5/c1-2-27-21-17(4-3-11-24)18(15-5-7-16(22)8-6-15)14-19(28-21)20(25)23-9-12-26-13-10-23/h5-8,14,17-18,21,24H,2-4,9-13H2,1H3/t17-,18-,21-/m1/s1. The summed E-state index contributed by atoms with van der Waals surface area (Å²) >= 11 is 6.06. The van der Waals surface area contributed by atoms with Gasteiger partial charge in [0.2, 0.25) is 6.29 Å². The quantitative estimate of drug-likeness (QED) is 0.749. The number of allylic oxidation sites excluding steroid dienone is 1. The number of nitrogens with zero attached hydrogens (tertiary/aromatic N) is 1. The molecular weight excluding hydrogens is 382 g/mol. The maximum atomic E-state index is 13.0. The lowest BCUT2D eigenvalue weighted by molar-refractivity contribution is -0.171. The fraction of sp³-hybridized carbons (Fsp3) is 0.571. The average molecular weight is 410 g/mol. The number of aliphatic hydroxyl groups excluding tert-OH is 1. The lowest BCUT2D eigenvalue weighted by Crippen LogP contribution is -2.44. The van der Waals surface area contributed by atoms with Gasteiger partial charge in [-0.1, -0.05) is 23.7 Å². The first kappa shape index (κ1) is 21.1. The van der Waals surface area contributed by atoms with E-state index in [0.29, 0.717) is 50.1 Å². The van der Waals surface area contributed by atoms with Gasteiger partial charge in [0.25, 0.3) is 5.91 Å². The molecule has 1 aromatic rings. The largest absolute Gasteiger partial charge is 0.459 e. The molecule has 2 heterocycles. The molecule has 7 heteroatoms. The van der Waals surface area contributed by atoms with Crippen LogP contribution in [0.3, 0.4) is 0 Å². The number of aliphatic hydroxyl groups is 1. The van der Waals surface area contributed by atoms with Crippen LogP contribution in [0.15, 0.2) is 36.1 Å². The number of hydrogen-bond donors (Lipinski definition) is 1. The highest BCUT2D eigenvalue weighted by atomic mass is 35.5. The molecule has 0 spiro atoms. The van der Waals surface area contributed by atoms with Crippen LogP contribution in [0.2, 0.25) is 5.02 Å². The Morgan fingerprint density at radius 3 is 2.64 bits per heavy atom. The lowest BCUT2D eigenvalue weighted by atomic mass is 9.80. The molecule has 1 aromatic carbocycles. The van der Waals surface area contributed by atoms with Gasteiger partial charge in [0.15, 0.2) is 5.76 Å². The summed E-state index contributed by atoms with van der Waals surface area (Å²) < 4.78 is 17.2. The molecule has 2 aliphatic heterocycles. The van der Waals surface area contributed by atoms with Crippen LogP contribution in [-0.2, 0) is 19.0 Å². The Morgan fingerprint density at radius 2 is 2.00 bits per heavy atom. The molecule has 0 bridgehead atoms. The third kappa shape index (κ3) is 5.06. The van der Waals surface area contributed by atoms with Gasteiger partial charge in [-0.25, -0.2) is 0 Å². The fourth-order valence-corrected chi connectivity index (χ4v) is 3.87. The van der Waals surface area contributed by atoms with E-state index in [1.165, 1.54) is 0 Å².